The minimum Gasteiger partial charge on any atom is -0.372 e. The molecule has 2 aliphatic carbocycles. The smallest absolute Gasteiger partial charge is 0.130 e. The van der Waals surface area contributed by atoms with Crippen molar-refractivity contribution in [2.24, 2.45) is 17.8 Å². The summed E-state index contributed by atoms with van der Waals surface area (Å²) >= 11 is 1.44. The molecular formula is C11H15N3S. The van der Waals surface area contributed by atoms with Crippen molar-refractivity contribution >= 4 is 16.5 Å². The molecule has 0 amide bonds. The van der Waals surface area contributed by atoms with Crippen LogP contribution in [0.2, 0.25) is 0 Å². The molecule has 1 saturated carbocycles. The largest absolute Gasteiger partial charge is 0.372 e. The predicted octanol–water partition coefficient (Wildman–Crippen LogP) is 2.55. The second-order valence-electron chi connectivity index (χ2n) is 4.66. The van der Waals surface area contributed by atoms with Crippen LogP contribution in [0.3, 0.4) is 0 Å². The molecule has 3 nitrogen and oxygen atoms in total. The molecule has 0 aliphatic heterocycles. The normalized spacial score (nSPS) is 34.6. The van der Waals surface area contributed by atoms with Gasteiger partial charge in [0, 0.05) is 17.6 Å². The van der Waals surface area contributed by atoms with Gasteiger partial charge in [0.2, 0.25) is 0 Å². The van der Waals surface area contributed by atoms with E-state index in [-0.39, 0.29) is 0 Å². The zero-order chi connectivity index (χ0) is 10.3. The lowest BCUT2D eigenvalue weighted by atomic mass is 9.88. The van der Waals surface area contributed by atoms with Crippen molar-refractivity contribution in [3.8, 4) is 0 Å². The lowest BCUT2D eigenvalue weighted by Gasteiger charge is -2.26. The minimum atomic E-state index is 0.534. The third-order valence-corrected chi connectivity index (χ3v) is 4.30. The number of anilines is 1. The number of allylic oxidation sites excluding steroid dienone is 2. The molecule has 1 aromatic rings. The Morgan fingerprint density at radius 3 is 3.00 bits per heavy atom. The van der Waals surface area contributed by atoms with Gasteiger partial charge < -0.3 is 5.32 Å². The third kappa shape index (κ3) is 1.67. The lowest BCUT2D eigenvalue weighted by molar-refractivity contribution is 0.400. The van der Waals surface area contributed by atoms with Gasteiger partial charge in [0.05, 0.1) is 6.20 Å². The van der Waals surface area contributed by atoms with Gasteiger partial charge in [-0.25, -0.2) is 0 Å². The molecule has 0 radical (unpaired) electrons. The van der Waals surface area contributed by atoms with E-state index < -0.39 is 0 Å². The van der Waals surface area contributed by atoms with E-state index in [1.54, 1.807) is 0 Å². The zero-order valence-electron chi connectivity index (χ0n) is 8.76. The molecular weight excluding hydrogens is 206 g/mol. The van der Waals surface area contributed by atoms with Crippen LogP contribution in [0.15, 0.2) is 18.3 Å². The molecule has 4 atom stereocenters. The van der Waals surface area contributed by atoms with Gasteiger partial charge in [-0.05, 0) is 37.5 Å². The van der Waals surface area contributed by atoms with E-state index in [0.717, 1.165) is 22.8 Å². The van der Waals surface area contributed by atoms with E-state index in [9.17, 15) is 0 Å². The second-order valence-corrected chi connectivity index (χ2v) is 5.44. The van der Waals surface area contributed by atoms with Crippen LogP contribution in [-0.4, -0.2) is 15.6 Å². The number of aromatic nitrogens is 2. The maximum atomic E-state index is 3.86. The van der Waals surface area contributed by atoms with Gasteiger partial charge in [-0.1, -0.05) is 16.6 Å². The first-order valence-electron chi connectivity index (χ1n) is 5.55. The minimum absolute atomic E-state index is 0.534. The predicted molar refractivity (Wildman–Crippen MR) is 61.8 cm³/mol. The quantitative estimate of drug-likeness (QED) is 0.797. The van der Waals surface area contributed by atoms with Crippen LogP contribution in [0.5, 0.6) is 0 Å². The molecule has 0 spiro atoms. The van der Waals surface area contributed by atoms with Crippen molar-refractivity contribution in [3.63, 3.8) is 0 Å². The summed E-state index contributed by atoms with van der Waals surface area (Å²) in [6, 6.07) is 0.534. The Labute approximate surface area is 93.8 Å². The SMILES string of the molecule is CC(Nc1cnns1)C1CC2C=CC1C2. The van der Waals surface area contributed by atoms with Crippen molar-refractivity contribution in [2.75, 3.05) is 5.32 Å². The molecule has 2 aliphatic rings. The summed E-state index contributed by atoms with van der Waals surface area (Å²) in [5.74, 6) is 2.45. The maximum absolute atomic E-state index is 3.86. The van der Waals surface area contributed by atoms with E-state index in [0.29, 0.717) is 6.04 Å². The topological polar surface area (TPSA) is 37.8 Å². The molecule has 1 fully saturated rings. The number of hydrogen-bond donors (Lipinski definition) is 1. The monoisotopic (exact) mass is 221 g/mol. The van der Waals surface area contributed by atoms with E-state index in [2.05, 4.69) is 34.0 Å². The summed E-state index contributed by atoms with van der Waals surface area (Å²) in [4.78, 5) is 0. The summed E-state index contributed by atoms with van der Waals surface area (Å²) in [5.41, 5.74) is 0. The summed E-state index contributed by atoms with van der Waals surface area (Å²) in [6.07, 6.45) is 9.33. The zero-order valence-corrected chi connectivity index (χ0v) is 9.57. The Morgan fingerprint density at radius 2 is 2.40 bits per heavy atom. The van der Waals surface area contributed by atoms with Crippen LogP contribution in [0.25, 0.3) is 0 Å². The molecule has 1 aromatic heterocycles. The molecule has 80 valence electrons. The Balaban J connectivity index is 1.66. The Morgan fingerprint density at radius 1 is 1.47 bits per heavy atom. The Hall–Kier alpha value is -0.900. The molecule has 1 heterocycles. The van der Waals surface area contributed by atoms with Crippen LogP contribution in [0, 0.1) is 17.8 Å². The highest BCUT2D eigenvalue weighted by molar-refractivity contribution is 7.09. The second kappa shape index (κ2) is 3.59. The van der Waals surface area contributed by atoms with Crippen molar-refractivity contribution in [2.45, 2.75) is 25.8 Å². The van der Waals surface area contributed by atoms with Gasteiger partial charge in [0.1, 0.15) is 5.00 Å². The first-order valence-corrected chi connectivity index (χ1v) is 6.32. The molecule has 15 heavy (non-hydrogen) atoms. The number of rotatable bonds is 3. The molecule has 0 aromatic carbocycles. The number of hydrogen-bond acceptors (Lipinski definition) is 4. The van der Waals surface area contributed by atoms with Gasteiger partial charge in [-0.15, -0.1) is 5.10 Å². The highest BCUT2D eigenvalue weighted by Crippen LogP contribution is 2.45. The van der Waals surface area contributed by atoms with Gasteiger partial charge >= 0.3 is 0 Å². The standard InChI is InChI=1S/C11H15N3S/c1-7(13-11-6-12-14-15-11)10-5-8-2-3-9(10)4-8/h2-3,6-10,13H,4-5H2,1H3. The first-order chi connectivity index (χ1) is 7.33. The molecule has 3 rings (SSSR count). The van der Waals surface area contributed by atoms with Crippen molar-refractivity contribution in [1.82, 2.24) is 9.59 Å². The van der Waals surface area contributed by atoms with Gasteiger partial charge in [0.15, 0.2) is 0 Å². The summed E-state index contributed by atoms with van der Waals surface area (Å²) in [6.45, 7) is 2.28. The molecule has 1 N–H and O–H groups in total. The lowest BCUT2D eigenvalue weighted by Crippen LogP contribution is -2.28. The van der Waals surface area contributed by atoms with Crippen molar-refractivity contribution in [1.29, 1.82) is 0 Å². The van der Waals surface area contributed by atoms with Crippen LogP contribution in [0.4, 0.5) is 5.00 Å². The van der Waals surface area contributed by atoms with Crippen LogP contribution < -0.4 is 5.32 Å². The van der Waals surface area contributed by atoms with Crippen molar-refractivity contribution in [3.05, 3.63) is 18.3 Å². The summed E-state index contributed by atoms with van der Waals surface area (Å²) in [7, 11) is 0. The maximum Gasteiger partial charge on any atom is 0.130 e. The highest BCUT2D eigenvalue weighted by Gasteiger charge is 2.38. The first kappa shape index (κ1) is 9.33. The number of nitrogens with zero attached hydrogens (tertiary/aromatic N) is 2. The summed E-state index contributed by atoms with van der Waals surface area (Å²) in [5, 5.41) is 8.44. The van der Waals surface area contributed by atoms with Crippen molar-refractivity contribution < 1.29 is 0 Å². The fraction of sp³-hybridized carbons (Fsp3) is 0.636. The Kier molecular flexibility index (Phi) is 2.24. The van der Waals surface area contributed by atoms with E-state index >= 15 is 0 Å². The number of nitrogens with one attached hydrogen (secondary N) is 1. The van der Waals surface area contributed by atoms with Gasteiger partial charge in [0.25, 0.3) is 0 Å². The average Bonchev–Trinajstić information content (AvgIpc) is 2.93. The highest BCUT2D eigenvalue weighted by atomic mass is 32.1. The van der Waals surface area contributed by atoms with Gasteiger partial charge in [-0.3, -0.25) is 0 Å². The fourth-order valence-electron chi connectivity index (χ4n) is 2.96. The number of fused-ring (bicyclic) bond motifs is 2. The molecule has 4 heteroatoms. The summed E-state index contributed by atoms with van der Waals surface area (Å²) < 4.78 is 3.86. The van der Waals surface area contributed by atoms with Gasteiger partial charge in [-0.2, -0.15) is 0 Å². The Bertz CT molecular complexity index is 360. The third-order valence-electron chi connectivity index (χ3n) is 3.70. The molecule has 0 saturated heterocycles. The molecule has 4 unspecified atom stereocenters. The average molecular weight is 221 g/mol. The van der Waals surface area contributed by atoms with E-state index in [4.69, 9.17) is 0 Å². The van der Waals surface area contributed by atoms with E-state index in [1.807, 2.05) is 6.20 Å². The molecule has 2 bridgehead atoms. The van der Waals surface area contributed by atoms with E-state index in [1.165, 1.54) is 24.4 Å². The van der Waals surface area contributed by atoms with Crippen LogP contribution >= 0.6 is 11.5 Å². The fourth-order valence-corrected chi connectivity index (χ4v) is 3.48. The van der Waals surface area contributed by atoms with Crippen LogP contribution in [0.1, 0.15) is 19.8 Å². The van der Waals surface area contributed by atoms with Crippen LogP contribution in [-0.2, 0) is 0 Å².